The topological polar surface area (TPSA) is 92.7 Å². The van der Waals surface area contributed by atoms with Crippen LogP contribution in [0.3, 0.4) is 0 Å². The molecule has 0 fully saturated rings. The Labute approximate surface area is 219 Å². The molecule has 0 saturated carbocycles. The van der Waals surface area contributed by atoms with Crippen LogP contribution in [0.1, 0.15) is 39.2 Å². The number of alkyl halides is 3. The molecular formula is C25H19Cl2F3N4O3. The molecule has 3 amide bonds. The molecule has 2 aromatic carbocycles. The summed E-state index contributed by atoms with van der Waals surface area (Å²) >= 11 is 11.9. The number of benzene rings is 2. The molecule has 0 saturated heterocycles. The number of urea groups is 1. The highest BCUT2D eigenvalue weighted by Gasteiger charge is 2.62. The maximum Gasteiger partial charge on any atom is 0.435 e. The van der Waals surface area contributed by atoms with Gasteiger partial charge in [0.2, 0.25) is 0 Å². The van der Waals surface area contributed by atoms with Gasteiger partial charge in [0.15, 0.2) is 0 Å². The third-order valence-corrected chi connectivity index (χ3v) is 6.14. The highest BCUT2D eigenvalue weighted by atomic mass is 35.5. The van der Waals surface area contributed by atoms with Crippen molar-refractivity contribution in [3.05, 3.63) is 98.8 Å². The Hall–Kier alpha value is -3.63. The fraction of sp³-hybridized carbons (Fsp3) is 0.200. The summed E-state index contributed by atoms with van der Waals surface area (Å²) in [7, 11) is 0. The van der Waals surface area contributed by atoms with Gasteiger partial charge >= 0.3 is 12.2 Å². The molecule has 1 aliphatic rings. The van der Waals surface area contributed by atoms with Gasteiger partial charge in [-0.25, -0.2) is 4.79 Å². The zero-order valence-electron chi connectivity index (χ0n) is 19.2. The molecule has 0 aliphatic carbocycles. The van der Waals surface area contributed by atoms with Crippen LogP contribution in [0, 0.1) is 6.92 Å². The number of nitrogens with zero attached hydrogens (tertiary/aromatic N) is 2. The van der Waals surface area contributed by atoms with E-state index in [1.54, 1.807) is 31.3 Å². The first-order valence-electron chi connectivity index (χ1n) is 10.9. The molecule has 0 radical (unpaired) electrons. The van der Waals surface area contributed by atoms with E-state index in [0.717, 1.165) is 12.1 Å². The number of hydrogen-bond acceptors (Lipinski definition) is 5. The molecule has 1 aromatic heterocycles. The lowest BCUT2D eigenvalue weighted by Crippen LogP contribution is -2.42. The van der Waals surface area contributed by atoms with Gasteiger partial charge in [0.1, 0.15) is 0 Å². The molecule has 1 unspecified atom stereocenters. The van der Waals surface area contributed by atoms with E-state index in [9.17, 15) is 22.8 Å². The maximum atomic E-state index is 14.2. The zero-order chi connectivity index (χ0) is 26.8. The van der Waals surface area contributed by atoms with Crippen molar-refractivity contribution in [3.63, 3.8) is 0 Å². The Morgan fingerprint density at radius 1 is 1.08 bits per heavy atom. The van der Waals surface area contributed by atoms with E-state index in [-0.39, 0.29) is 33.4 Å². The van der Waals surface area contributed by atoms with E-state index in [1.165, 1.54) is 24.3 Å². The number of aryl methyl sites for hydroxylation is 1. The summed E-state index contributed by atoms with van der Waals surface area (Å²) in [6, 6.07) is 12.4. The molecule has 0 bridgehead atoms. The number of aromatic nitrogens is 1. The Bertz CT molecular complexity index is 1360. The standard InChI is InChI=1S/C25H19Cl2F3N4O3/c1-14-8-15(5-6-20(14)22(35)33-23(36)32-13-19-4-2-3-7-31-19)21-12-24(37-34-21,25(28,29)30)16-9-17(26)11-18(27)10-16/h2-11H,12-13H2,1H3,(H2,32,33,35,36). The van der Waals surface area contributed by atoms with Crippen LogP contribution in [0.5, 0.6) is 0 Å². The number of halogens is 5. The molecular weight excluding hydrogens is 532 g/mol. The fourth-order valence-corrected chi connectivity index (χ4v) is 4.36. The van der Waals surface area contributed by atoms with Crippen molar-refractivity contribution in [2.45, 2.75) is 31.7 Å². The summed E-state index contributed by atoms with van der Waals surface area (Å²) in [4.78, 5) is 33.8. The minimum Gasteiger partial charge on any atom is -0.374 e. The largest absolute Gasteiger partial charge is 0.435 e. The summed E-state index contributed by atoms with van der Waals surface area (Å²) in [5, 5.41) is 8.51. The van der Waals surface area contributed by atoms with Gasteiger partial charge in [0.25, 0.3) is 11.5 Å². The Morgan fingerprint density at radius 3 is 2.43 bits per heavy atom. The third kappa shape index (κ3) is 5.70. The van der Waals surface area contributed by atoms with Gasteiger partial charge in [0, 0.05) is 33.8 Å². The van der Waals surface area contributed by atoms with Gasteiger partial charge < -0.3 is 10.2 Å². The second kappa shape index (κ2) is 10.4. The predicted molar refractivity (Wildman–Crippen MR) is 132 cm³/mol. The minimum atomic E-state index is -4.83. The maximum absolute atomic E-state index is 14.2. The van der Waals surface area contributed by atoms with Crippen LogP contribution in [0.25, 0.3) is 0 Å². The van der Waals surface area contributed by atoms with E-state index < -0.39 is 30.1 Å². The molecule has 0 spiro atoms. The predicted octanol–water partition coefficient (Wildman–Crippen LogP) is 5.92. The summed E-state index contributed by atoms with van der Waals surface area (Å²) in [6.45, 7) is 1.71. The van der Waals surface area contributed by atoms with Gasteiger partial charge in [-0.2, -0.15) is 13.2 Å². The molecule has 4 rings (SSSR count). The van der Waals surface area contributed by atoms with Crippen LogP contribution in [0.15, 0.2) is 65.9 Å². The van der Waals surface area contributed by atoms with Gasteiger partial charge in [-0.3, -0.25) is 15.1 Å². The summed E-state index contributed by atoms with van der Waals surface area (Å²) in [6.07, 6.45) is -3.88. The van der Waals surface area contributed by atoms with Crippen LogP contribution >= 0.6 is 23.2 Å². The van der Waals surface area contributed by atoms with Gasteiger partial charge in [-0.1, -0.05) is 40.5 Å². The number of amides is 3. The van der Waals surface area contributed by atoms with Crippen LogP contribution < -0.4 is 10.6 Å². The van der Waals surface area contributed by atoms with Crippen molar-refractivity contribution in [3.8, 4) is 0 Å². The lowest BCUT2D eigenvalue weighted by Gasteiger charge is -2.29. The molecule has 1 atom stereocenters. The van der Waals surface area contributed by atoms with Gasteiger partial charge in [-0.05, 0) is 60.5 Å². The first kappa shape index (κ1) is 26.4. The van der Waals surface area contributed by atoms with Crippen LogP contribution in [0.2, 0.25) is 10.0 Å². The van der Waals surface area contributed by atoms with Crippen molar-refractivity contribution in [2.24, 2.45) is 5.16 Å². The number of imide groups is 1. The molecule has 7 nitrogen and oxygen atoms in total. The lowest BCUT2D eigenvalue weighted by molar-refractivity contribution is -0.275. The zero-order valence-corrected chi connectivity index (χ0v) is 20.7. The summed E-state index contributed by atoms with van der Waals surface area (Å²) in [5.74, 6) is -0.676. The summed E-state index contributed by atoms with van der Waals surface area (Å²) < 4.78 is 42.7. The fourth-order valence-electron chi connectivity index (χ4n) is 3.83. The first-order chi connectivity index (χ1) is 17.5. The van der Waals surface area contributed by atoms with Crippen molar-refractivity contribution >= 4 is 40.9 Å². The van der Waals surface area contributed by atoms with E-state index in [1.807, 2.05) is 0 Å². The number of carbonyl (C=O) groups is 2. The molecule has 12 heteroatoms. The van der Waals surface area contributed by atoms with Crippen molar-refractivity contribution in [2.75, 3.05) is 0 Å². The number of oxime groups is 1. The molecule has 3 aromatic rings. The monoisotopic (exact) mass is 550 g/mol. The SMILES string of the molecule is Cc1cc(C2=NOC(c3cc(Cl)cc(Cl)c3)(C(F)(F)F)C2)ccc1C(=O)NC(=O)NCc1ccccn1. The molecule has 37 heavy (non-hydrogen) atoms. The van der Waals surface area contributed by atoms with Crippen LogP contribution in [-0.4, -0.2) is 28.8 Å². The van der Waals surface area contributed by atoms with Crippen LogP contribution in [-0.2, 0) is 17.0 Å². The van der Waals surface area contributed by atoms with Gasteiger partial charge in [-0.15, -0.1) is 0 Å². The van der Waals surface area contributed by atoms with E-state index in [0.29, 0.717) is 16.8 Å². The Balaban J connectivity index is 1.48. The summed E-state index contributed by atoms with van der Waals surface area (Å²) in [5.41, 5.74) is -1.50. The second-order valence-electron chi connectivity index (χ2n) is 8.28. The van der Waals surface area contributed by atoms with Crippen molar-refractivity contribution in [1.29, 1.82) is 0 Å². The molecule has 2 heterocycles. The highest BCUT2D eigenvalue weighted by molar-refractivity contribution is 6.34. The highest BCUT2D eigenvalue weighted by Crippen LogP contribution is 2.49. The number of nitrogens with one attached hydrogen (secondary N) is 2. The average Bonchev–Trinajstić information content (AvgIpc) is 3.30. The molecule has 192 valence electrons. The first-order valence-corrected chi connectivity index (χ1v) is 11.6. The third-order valence-electron chi connectivity index (χ3n) is 5.70. The van der Waals surface area contributed by atoms with E-state index in [2.05, 4.69) is 20.8 Å². The quantitative estimate of drug-likeness (QED) is 0.412. The van der Waals surface area contributed by atoms with Crippen LogP contribution in [0.4, 0.5) is 18.0 Å². The normalized spacial score (nSPS) is 17.1. The number of carbonyl (C=O) groups excluding carboxylic acids is 2. The smallest absolute Gasteiger partial charge is 0.374 e. The molecule has 2 N–H and O–H groups in total. The average molecular weight is 551 g/mol. The molecule has 1 aliphatic heterocycles. The minimum absolute atomic E-state index is 0.0246. The Kier molecular flexibility index (Phi) is 7.42. The lowest BCUT2D eigenvalue weighted by atomic mass is 9.86. The number of rotatable bonds is 5. The van der Waals surface area contributed by atoms with E-state index in [4.69, 9.17) is 28.0 Å². The number of pyridine rings is 1. The Morgan fingerprint density at radius 2 is 1.81 bits per heavy atom. The number of hydrogen-bond donors (Lipinski definition) is 2. The second-order valence-corrected chi connectivity index (χ2v) is 9.15. The van der Waals surface area contributed by atoms with Crippen molar-refractivity contribution in [1.82, 2.24) is 15.6 Å². The van der Waals surface area contributed by atoms with E-state index >= 15 is 0 Å². The van der Waals surface area contributed by atoms with Gasteiger partial charge in [0.05, 0.1) is 18.0 Å². The van der Waals surface area contributed by atoms with Crippen molar-refractivity contribution < 1.29 is 27.6 Å².